The first-order valence-electron chi connectivity index (χ1n) is 8.83. The van der Waals surface area contributed by atoms with E-state index < -0.39 is 0 Å². The minimum Gasteiger partial charge on any atom is -0.497 e. The van der Waals surface area contributed by atoms with Crippen LogP contribution >= 0.6 is 0 Å². The summed E-state index contributed by atoms with van der Waals surface area (Å²) >= 11 is 0. The molecule has 4 rings (SSSR count). The molecule has 3 aromatic heterocycles. The summed E-state index contributed by atoms with van der Waals surface area (Å²) in [5, 5.41) is 8.17. The molecule has 8 nitrogen and oxygen atoms in total. The number of amides is 1. The second kappa shape index (κ2) is 7.15. The summed E-state index contributed by atoms with van der Waals surface area (Å²) in [6.07, 6.45) is 3.12. The third-order valence-corrected chi connectivity index (χ3v) is 4.59. The van der Waals surface area contributed by atoms with Crippen molar-refractivity contribution in [3.8, 4) is 5.75 Å². The number of ether oxygens (including phenoxy) is 1. The molecule has 0 saturated heterocycles. The van der Waals surface area contributed by atoms with Gasteiger partial charge in [0.1, 0.15) is 5.75 Å². The molecule has 0 spiro atoms. The summed E-state index contributed by atoms with van der Waals surface area (Å²) in [5.74, 6) is 0.451. The van der Waals surface area contributed by atoms with E-state index >= 15 is 0 Å². The normalized spacial score (nSPS) is 11.1. The molecule has 0 bridgehead atoms. The number of pyridine rings is 2. The van der Waals surface area contributed by atoms with Gasteiger partial charge in [-0.05, 0) is 48.2 Å². The van der Waals surface area contributed by atoms with Crippen LogP contribution in [0.1, 0.15) is 15.9 Å². The van der Waals surface area contributed by atoms with E-state index in [9.17, 15) is 9.59 Å². The highest BCUT2D eigenvalue weighted by molar-refractivity contribution is 5.93. The predicted octanol–water partition coefficient (Wildman–Crippen LogP) is 1.79. The Labute approximate surface area is 160 Å². The van der Waals surface area contributed by atoms with Gasteiger partial charge < -0.3 is 10.1 Å². The fourth-order valence-corrected chi connectivity index (χ4v) is 3.17. The minimum atomic E-state index is -0.255. The molecule has 0 radical (unpaired) electrons. The van der Waals surface area contributed by atoms with Crippen LogP contribution in [-0.4, -0.2) is 38.7 Å². The number of fused-ring (bicyclic) bond motifs is 3. The summed E-state index contributed by atoms with van der Waals surface area (Å²) in [5.41, 5.74) is 2.49. The highest BCUT2D eigenvalue weighted by Gasteiger charge is 2.14. The molecule has 0 unspecified atom stereocenters. The number of nitrogens with zero attached hydrogens (tertiary/aromatic N) is 4. The average molecular weight is 377 g/mol. The number of methoxy groups -OCH3 is 1. The Morgan fingerprint density at radius 1 is 1.18 bits per heavy atom. The van der Waals surface area contributed by atoms with Crippen LogP contribution in [0.2, 0.25) is 0 Å². The van der Waals surface area contributed by atoms with Gasteiger partial charge >= 0.3 is 5.69 Å². The Morgan fingerprint density at radius 2 is 1.96 bits per heavy atom. The number of carbonyl (C=O) groups excluding carboxylic acids is 1. The van der Waals surface area contributed by atoms with Crippen LogP contribution in [0.4, 0.5) is 0 Å². The van der Waals surface area contributed by atoms with Crippen LogP contribution in [0.15, 0.2) is 53.6 Å². The number of aromatic nitrogens is 4. The van der Waals surface area contributed by atoms with Gasteiger partial charge in [-0.1, -0.05) is 0 Å². The van der Waals surface area contributed by atoms with Crippen molar-refractivity contribution >= 4 is 22.5 Å². The van der Waals surface area contributed by atoms with Crippen LogP contribution < -0.4 is 15.7 Å². The lowest BCUT2D eigenvalue weighted by Crippen LogP contribution is -2.31. The SMILES string of the molecule is COc1ccc2cc(C)c3nn(CCNC(=O)c4ccncc4)c(=O)n3c2c1. The summed E-state index contributed by atoms with van der Waals surface area (Å²) < 4.78 is 8.24. The molecule has 0 aliphatic carbocycles. The second-order valence-corrected chi connectivity index (χ2v) is 6.41. The van der Waals surface area contributed by atoms with Gasteiger partial charge in [-0.2, -0.15) is 0 Å². The fourth-order valence-electron chi connectivity index (χ4n) is 3.17. The van der Waals surface area contributed by atoms with Gasteiger partial charge in [0, 0.05) is 30.6 Å². The Bertz CT molecular complexity index is 1230. The number of benzene rings is 1. The molecule has 142 valence electrons. The van der Waals surface area contributed by atoms with E-state index in [2.05, 4.69) is 15.4 Å². The molecule has 1 N–H and O–H groups in total. The van der Waals surface area contributed by atoms with Crippen molar-refractivity contribution in [1.29, 1.82) is 0 Å². The molecule has 4 aromatic rings. The van der Waals surface area contributed by atoms with E-state index in [0.29, 0.717) is 17.0 Å². The Kier molecular flexibility index (Phi) is 4.52. The Balaban J connectivity index is 1.64. The van der Waals surface area contributed by atoms with Crippen LogP contribution in [0.3, 0.4) is 0 Å². The first kappa shape index (κ1) is 17.7. The zero-order valence-electron chi connectivity index (χ0n) is 15.5. The van der Waals surface area contributed by atoms with E-state index in [4.69, 9.17) is 4.74 Å². The lowest BCUT2D eigenvalue weighted by atomic mass is 10.1. The molecule has 0 atom stereocenters. The monoisotopic (exact) mass is 377 g/mol. The molecule has 0 aliphatic heterocycles. The number of nitrogens with one attached hydrogen (secondary N) is 1. The van der Waals surface area contributed by atoms with Gasteiger partial charge in [-0.15, -0.1) is 5.10 Å². The van der Waals surface area contributed by atoms with Crippen LogP contribution in [0.5, 0.6) is 5.75 Å². The molecule has 3 heterocycles. The first-order chi connectivity index (χ1) is 13.6. The maximum atomic E-state index is 12.9. The Morgan fingerprint density at radius 3 is 2.71 bits per heavy atom. The van der Waals surface area contributed by atoms with Crippen molar-refractivity contribution in [2.45, 2.75) is 13.5 Å². The smallest absolute Gasteiger partial charge is 0.350 e. The van der Waals surface area contributed by atoms with Crippen molar-refractivity contribution < 1.29 is 9.53 Å². The summed E-state index contributed by atoms with van der Waals surface area (Å²) in [4.78, 5) is 29.0. The fraction of sp³-hybridized carbons (Fsp3) is 0.200. The van der Waals surface area contributed by atoms with E-state index in [-0.39, 0.29) is 24.7 Å². The average Bonchev–Trinajstić information content (AvgIpc) is 3.06. The van der Waals surface area contributed by atoms with E-state index in [1.54, 1.807) is 36.0 Å². The highest BCUT2D eigenvalue weighted by atomic mass is 16.5. The number of aryl methyl sites for hydroxylation is 1. The van der Waals surface area contributed by atoms with Crippen molar-refractivity contribution in [3.63, 3.8) is 0 Å². The van der Waals surface area contributed by atoms with Crippen molar-refractivity contribution in [3.05, 3.63) is 70.4 Å². The molecular weight excluding hydrogens is 358 g/mol. The van der Waals surface area contributed by atoms with Gasteiger partial charge in [0.25, 0.3) is 5.91 Å². The molecule has 0 fully saturated rings. The summed E-state index contributed by atoms with van der Waals surface area (Å²) in [6, 6.07) is 10.9. The molecular formula is C20H19N5O3. The minimum absolute atomic E-state index is 0.217. The maximum Gasteiger partial charge on any atom is 0.350 e. The number of rotatable bonds is 5. The lowest BCUT2D eigenvalue weighted by molar-refractivity contribution is 0.0951. The van der Waals surface area contributed by atoms with Crippen molar-refractivity contribution in [2.24, 2.45) is 0 Å². The van der Waals surface area contributed by atoms with Crippen LogP contribution in [0.25, 0.3) is 16.6 Å². The zero-order chi connectivity index (χ0) is 19.7. The first-order valence-corrected chi connectivity index (χ1v) is 8.83. The number of carbonyl (C=O) groups is 1. The third kappa shape index (κ3) is 3.09. The van der Waals surface area contributed by atoms with Gasteiger partial charge in [0.2, 0.25) is 0 Å². The molecule has 8 heteroatoms. The van der Waals surface area contributed by atoms with Crippen LogP contribution in [-0.2, 0) is 6.54 Å². The summed E-state index contributed by atoms with van der Waals surface area (Å²) in [7, 11) is 1.59. The van der Waals surface area contributed by atoms with Gasteiger partial charge in [-0.3, -0.25) is 9.78 Å². The van der Waals surface area contributed by atoms with E-state index in [0.717, 1.165) is 16.5 Å². The highest BCUT2D eigenvalue weighted by Crippen LogP contribution is 2.23. The van der Waals surface area contributed by atoms with Crippen molar-refractivity contribution in [2.75, 3.05) is 13.7 Å². The number of hydrogen-bond donors (Lipinski definition) is 1. The lowest BCUT2D eigenvalue weighted by Gasteiger charge is -2.05. The quantitative estimate of drug-likeness (QED) is 0.573. The summed E-state index contributed by atoms with van der Waals surface area (Å²) in [6.45, 7) is 2.47. The van der Waals surface area contributed by atoms with Crippen LogP contribution in [0, 0.1) is 6.92 Å². The number of hydrogen-bond acceptors (Lipinski definition) is 5. The third-order valence-electron chi connectivity index (χ3n) is 4.59. The molecule has 0 aliphatic rings. The standard InChI is InChI=1S/C20H19N5O3/c1-13-11-15-3-4-16(28-2)12-17(15)25-18(13)23-24(20(25)27)10-9-22-19(26)14-5-7-21-8-6-14/h3-8,11-12H,9-10H2,1-2H3,(H,22,26). The molecule has 28 heavy (non-hydrogen) atoms. The predicted molar refractivity (Wildman–Crippen MR) is 105 cm³/mol. The van der Waals surface area contributed by atoms with Gasteiger partial charge in [-0.25, -0.2) is 13.9 Å². The largest absolute Gasteiger partial charge is 0.497 e. The maximum absolute atomic E-state index is 12.9. The molecule has 1 aromatic carbocycles. The molecule has 0 saturated carbocycles. The topological polar surface area (TPSA) is 90.5 Å². The van der Waals surface area contributed by atoms with Crippen molar-refractivity contribution in [1.82, 2.24) is 24.5 Å². The van der Waals surface area contributed by atoms with E-state index in [1.165, 1.54) is 4.68 Å². The van der Waals surface area contributed by atoms with Gasteiger partial charge in [0.15, 0.2) is 5.65 Å². The van der Waals surface area contributed by atoms with E-state index in [1.807, 2.05) is 31.2 Å². The van der Waals surface area contributed by atoms with Gasteiger partial charge in [0.05, 0.1) is 19.2 Å². The molecule has 1 amide bonds. The Hall–Kier alpha value is -3.68. The zero-order valence-corrected chi connectivity index (χ0v) is 15.5. The second-order valence-electron chi connectivity index (χ2n) is 6.41.